The molecular formula is C11H17N2O3+. The van der Waals surface area contributed by atoms with E-state index in [1.807, 2.05) is 13.8 Å². The Bertz CT molecular complexity index is 366. The van der Waals surface area contributed by atoms with E-state index in [0.29, 0.717) is 24.8 Å². The van der Waals surface area contributed by atoms with Crippen molar-refractivity contribution in [3.05, 3.63) is 18.3 Å². The lowest BCUT2D eigenvalue weighted by molar-refractivity contribution is -0.648. The number of hydrogen-bond acceptors (Lipinski definition) is 3. The fraction of sp³-hybridized carbons (Fsp3) is 0.455. The second-order valence-electron chi connectivity index (χ2n) is 3.10. The smallest absolute Gasteiger partial charge is 0.400 e. The van der Waals surface area contributed by atoms with Gasteiger partial charge in [0.05, 0.1) is 19.3 Å². The maximum Gasteiger partial charge on any atom is 0.400 e. The van der Waals surface area contributed by atoms with Crippen LogP contribution >= 0.6 is 0 Å². The normalized spacial score (nSPS) is 9.69. The number of ether oxygens (including phenoxy) is 2. The van der Waals surface area contributed by atoms with Gasteiger partial charge in [-0.15, -0.1) is 5.43 Å². The van der Waals surface area contributed by atoms with E-state index in [-0.39, 0.29) is 5.91 Å². The van der Waals surface area contributed by atoms with Crippen LogP contribution in [-0.4, -0.2) is 19.1 Å². The number of hydrogen-bond donors (Lipinski definition) is 1. The molecule has 0 radical (unpaired) electrons. The van der Waals surface area contributed by atoms with E-state index in [4.69, 9.17) is 9.47 Å². The van der Waals surface area contributed by atoms with Crippen molar-refractivity contribution in [2.75, 3.05) is 18.6 Å². The van der Waals surface area contributed by atoms with Gasteiger partial charge in [-0.2, -0.15) is 0 Å². The van der Waals surface area contributed by atoms with Gasteiger partial charge in [0, 0.05) is 13.0 Å². The first-order chi connectivity index (χ1) is 7.67. The van der Waals surface area contributed by atoms with Crippen molar-refractivity contribution in [2.24, 2.45) is 0 Å². The van der Waals surface area contributed by atoms with E-state index in [9.17, 15) is 4.79 Å². The van der Waals surface area contributed by atoms with Gasteiger partial charge in [-0.25, -0.2) is 0 Å². The molecule has 0 saturated carbocycles. The summed E-state index contributed by atoms with van der Waals surface area (Å²) in [4.78, 5) is 11.0. The van der Waals surface area contributed by atoms with Crippen LogP contribution in [0.2, 0.25) is 0 Å². The van der Waals surface area contributed by atoms with Gasteiger partial charge in [0.15, 0.2) is 0 Å². The minimum Gasteiger partial charge on any atom is -0.493 e. The molecule has 1 aromatic heterocycles. The number of aromatic nitrogens is 1. The van der Waals surface area contributed by atoms with Gasteiger partial charge in [0.25, 0.3) is 5.91 Å². The lowest BCUT2D eigenvalue weighted by Gasteiger charge is -2.05. The molecule has 5 nitrogen and oxygen atoms in total. The topological polar surface area (TPSA) is 51.4 Å². The number of nitrogens with one attached hydrogen (secondary N) is 1. The van der Waals surface area contributed by atoms with E-state index < -0.39 is 0 Å². The van der Waals surface area contributed by atoms with Crippen LogP contribution in [-0.2, 0) is 4.79 Å². The van der Waals surface area contributed by atoms with E-state index in [2.05, 4.69) is 5.43 Å². The molecule has 0 unspecified atom stereocenters. The summed E-state index contributed by atoms with van der Waals surface area (Å²) < 4.78 is 12.3. The minimum absolute atomic E-state index is 0.157. The number of amides is 1. The molecular weight excluding hydrogens is 208 g/mol. The first-order valence-corrected chi connectivity index (χ1v) is 5.26. The van der Waals surface area contributed by atoms with Crippen LogP contribution in [0, 0.1) is 0 Å². The molecule has 0 aliphatic carbocycles. The Balaban J connectivity index is 2.93. The maximum absolute atomic E-state index is 11.0. The number of rotatable bonds is 5. The first-order valence-electron chi connectivity index (χ1n) is 5.26. The highest BCUT2D eigenvalue weighted by Crippen LogP contribution is 2.14. The Morgan fingerprint density at radius 2 is 2.06 bits per heavy atom. The highest BCUT2D eigenvalue weighted by molar-refractivity contribution is 5.79. The van der Waals surface area contributed by atoms with Gasteiger partial charge in [-0.3, -0.25) is 4.79 Å². The molecule has 16 heavy (non-hydrogen) atoms. The maximum atomic E-state index is 11.0. The summed E-state index contributed by atoms with van der Waals surface area (Å²) >= 11 is 0. The third-order valence-corrected chi connectivity index (χ3v) is 1.77. The predicted molar refractivity (Wildman–Crippen MR) is 59.0 cm³/mol. The molecule has 0 aliphatic heterocycles. The highest BCUT2D eigenvalue weighted by atomic mass is 16.5. The van der Waals surface area contributed by atoms with Crippen LogP contribution in [0.5, 0.6) is 11.6 Å². The zero-order valence-corrected chi connectivity index (χ0v) is 9.82. The van der Waals surface area contributed by atoms with E-state index in [0.717, 1.165) is 0 Å². The van der Waals surface area contributed by atoms with Crippen molar-refractivity contribution in [1.82, 2.24) is 0 Å². The molecule has 88 valence electrons. The third-order valence-electron chi connectivity index (χ3n) is 1.77. The molecule has 0 bridgehead atoms. The van der Waals surface area contributed by atoms with Gasteiger partial charge in [-0.1, -0.05) is 0 Å². The van der Waals surface area contributed by atoms with Crippen LogP contribution in [0.3, 0.4) is 0 Å². The molecule has 5 heteroatoms. The van der Waals surface area contributed by atoms with E-state index in [1.165, 1.54) is 11.6 Å². The molecule has 1 heterocycles. The fourth-order valence-corrected chi connectivity index (χ4v) is 1.24. The first kappa shape index (κ1) is 12.3. The van der Waals surface area contributed by atoms with Crippen LogP contribution in [0.4, 0.5) is 0 Å². The van der Waals surface area contributed by atoms with Crippen molar-refractivity contribution in [3.63, 3.8) is 0 Å². The molecule has 1 N–H and O–H groups in total. The number of carbonyl (C=O) groups is 1. The Kier molecular flexibility index (Phi) is 4.57. The Morgan fingerprint density at radius 3 is 2.62 bits per heavy atom. The van der Waals surface area contributed by atoms with Crippen molar-refractivity contribution in [2.45, 2.75) is 20.8 Å². The summed E-state index contributed by atoms with van der Waals surface area (Å²) in [7, 11) is 0. The van der Waals surface area contributed by atoms with Crippen LogP contribution in [0.15, 0.2) is 18.3 Å². The lowest BCUT2D eigenvalue weighted by Crippen LogP contribution is -2.48. The lowest BCUT2D eigenvalue weighted by atomic mass is 10.4. The molecule has 1 amide bonds. The summed E-state index contributed by atoms with van der Waals surface area (Å²) in [5.74, 6) is 1.10. The summed E-state index contributed by atoms with van der Waals surface area (Å²) in [5.41, 5.74) is 2.62. The summed E-state index contributed by atoms with van der Waals surface area (Å²) in [5, 5.41) is 0. The van der Waals surface area contributed by atoms with E-state index in [1.54, 1.807) is 18.3 Å². The van der Waals surface area contributed by atoms with Crippen molar-refractivity contribution >= 4 is 5.91 Å². The highest BCUT2D eigenvalue weighted by Gasteiger charge is 2.15. The van der Waals surface area contributed by atoms with E-state index >= 15 is 0 Å². The quantitative estimate of drug-likeness (QED) is 0.756. The predicted octanol–water partition coefficient (Wildman–Crippen LogP) is 0.861. The second kappa shape index (κ2) is 5.95. The Labute approximate surface area is 95.0 Å². The summed E-state index contributed by atoms with van der Waals surface area (Å²) in [6.07, 6.45) is 1.69. The summed E-state index contributed by atoms with van der Waals surface area (Å²) in [6, 6.07) is 3.50. The van der Waals surface area contributed by atoms with Crippen LogP contribution in [0.25, 0.3) is 0 Å². The van der Waals surface area contributed by atoms with Crippen molar-refractivity contribution < 1.29 is 18.9 Å². The van der Waals surface area contributed by atoms with Crippen LogP contribution in [0.1, 0.15) is 20.8 Å². The van der Waals surface area contributed by atoms with Crippen LogP contribution < -0.4 is 19.6 Å². The van der Waals surface area contributed by atoms with Crippen molar-refractivity contribution in [3.8, 4) is 11.6 Å². The molecule has 0 spiro atoms. The average molecular weight is 225 g/mol. The molecule has 0 atom stereocenters. The average Bonchev–Trinajstić information content (AvgIpc) is 2.22. The van der Waals surface area contributed by atoms with Gasteiger partial charge in [0.2, 0.25) is 6.20 Å². The fourth-order valence-electron chi connectivity index (χ4n) is 1.24. The number of pyridine rings is 1. The third kappa shape index (κ3) is 3.42. The molecule has 1 aromatic rings. The SMILES string of the molecule is CCOc1cc[n+](NC(C)=O)c(OCC)c1. The largest absolute Gasteiger partial charge is 0.493 e. The number of nitrogens with zero attached hydrogens (tertiary/aromatic N) is 1. The molecule has 1 rings (SSSR count). The molecule has 0 aromatic carbocycles. The van der Waals surface area contributed by atoms with Gasteiger partial charge in [0.1, 0.15) is 5.75 Å². The standard InChI is InChI=1S/C11H16N2O3/c1-4-15-10-6-7-13(12-9(3)14)11(8-10)16-5-2/h6-8H,4-5H2,1-3H3/p+1. The van der Waals surface area contributed by atoms with Crippen molar-refractivity contribution in [1.29, 1.82) is 0 Å². The molecule has 0 fully saturated rings. The summed E-state index contributed by atoms with van der Waals surface area (Å²) in [6.45, 7) is 6.35. The number of carbonyl (C=O) groups excluding carboxylic acids is 1. The molecule has 0 aliphatic rings. The Hall–Kier alpha value is -1.78. The van der Waals surface area contributed by atoms with Gasteiger partial charge >= 0.3 is 5.88 Å². The monoisotopic (exact) mass is 225 g/mol. The molecule has 0 saturated heterocycles. The zero-order chi connectivity index (χ0) is 12.0. The minimum atomic E-state index is -0.157. The Morgan fingerprint density at radius 1 is 1.38 bits per heavy atom. The van der Waals surface area contributed by atoms with Gasteiger partial charge < -0.3 is 9.47 Å². The van der Waals surface area contributed by atoms with Gasteiger partial charge in [-0.05, 0) is 18.5 Å². The zero-order valence-electron chi connectivity index (χ0n) is 9.82. The second-order valence-corrected chi connectivity index (χ2v) is 3.10.